The molecule has 1 aromatic rings. The minimum atomic E-state index is 0.0699. The number of nitrogens with one attached hydrogen (secondary N) is 1. The van der Waals surface area contributed by atoms with E-state index in [1.165, 1.54) is 0 Å². The number of halogens is 1. The molecule has 1 rings (SSSR count). The summed E-state index contributed by atoms with van der Waals surface area (Å²) in [5, 5.41) is 0. The average Bonchev–Trinajstić information content (AvgIpc) is 2.24. The van der Waals surface area contributed by atoms with Crippen LogP contribution in [0, 0.1) is 0 Å². The predicted octanol–water partition coefficient (Wildman–Crippen LogP) is 2.50. The zero-order chi connectivity index (χ0) is 11.3. The summed E-state index contributed by atoms with van der Waals surface area (Å²) < 4.78 is 1.01. The Hall–Kier alpha value is -0.840. The lowest BCUT2D eigenvalue weighted by molar-refractivity contribution is 0.522. The molecule has 1 aromatic carbocycles. The quantitative estimate of drug-likeness (QED) is 0.333. The van der Waals surface area contributed by atoms with E-state index in [0.717, 1.165) is 28.6 Å². The maximum absolute atomic E-state index is 5.90. The highest BCUT2D eigenvalue weighted by Gasteiger charge is 2.12. The van der Waals surface area contributed by atoms with Crippen molar-refractivity contribution in [1.29, 1.82) is 0 Å². The van der Waals surface area contributed by atoms with Gasteiger partial charge in [0.25, 0.3) is 0 Å². The van der Waals surface area contributed by atoms with E-state index in [-0.39, 0.29) is 6.04 Å². The van der Waals surface area contributed by atoms with Crippen LogP contribution in [0.15, 0.2) is 35.3 Å². The van der Waals surface area contributed by atoms with E-state index >= 15 is 0 Å². The molecule has 1 unspecified atom stereocenters. The molecule has 0 fully saturated rings. The zero-order valence-corrected chi connectivity index (χ0v) is 10.1. The summed E-state index contributed by atoms with van der Waals surface area (Å²) in [6.45, 7) is 3.69. The molecule has 5 N–H and O–H groups in total. The predicted molar refractivity (Wildman–Crippen MR) is 68.0 cm³/mol. The first-order valence-corrected chi connectivity index (χ1v) is 5.60. The van der Waals surface area contributed by atoms with Crippen LogP contribution in [-0.4, -0.2) is 0 Å². The van der Waals surface area contributed by atoms with Gasteiger partial charge in [0.2, 0.25) is 0 Å². The molecular formula is C11H16BrN3. The SMILES string of the molecule is C=CCCC(NN)c1cc(Br)ccc1N. The van der Waals surface area contributed by atoms with Crippen molar-refractivity contribution in [3.05, 3.63) is 40.9 Å². The Labute approximate surface area is 98.6 Å². The molecule has 0 bridgehead atoms. The smallest absolute Gasteiger partial charge is 0.0483 e. The number of benzene rings is 1. The van der Waals surface area contributed by atoms with E-state index in [4.69, 9.17) is 11.6 Å². The fourth-order valence-electron chi connectivity index (χ4n) is 1.46. The first-order valence-electron chi connectivity index (χ1n) is 4.81. The van der Waals surface area contributed by atoms with Crippen molar-refractivity contribution in [2.75, 3.05) is 5.73 Å². The summed E-state index contributed by atoms with van der Waals surface area (Å²) in [6.07, 6.45) is 3.67. The molecule has 0 heterocycles. The first-order chi connectivity index (χ1) is 7.19. The first kappa shape index (κ1) is 12.2. The number of hydrogen-bond donors (Lipinski definition) is 3. The standard InChI is InChI=1S/C11H16BrN3/c1-2-3-4-11(15-14)9-7-8(12)5-6-10(9)13/h2,5-7,11,15H,1,3-4,13-14H2. The van der Waals surface area contributed by atoms with E-state index in [9.17, 15) is 0 Å². The molecule has 0 aliphatic rings. The monoisotopic (exact) mass is 269 g/mol. The van der Waals surface area contributed by atoms with Crippen LogP contribution >= 0.6 is 15.9 Å². The number of hydrazine groups is 1. The minimum Gasteiger partial charge on any atom is -0.398 e. The Balaban J connectivity index is 2.89. The molecule has 4 heteroatoms. The van der Waals surface area contributed by atoms with Gasteiger partial charge in [0.05, 0.1) is 0 Å². The van der Waals surface area contributed by atoms with Crippen LogP contribution in [0.5, 0.6) is 0 Å². The van der Waals surface area contributed by atoms with Crippen LogP contribution in [-0.2, 0) is 0 Å². The summed E-state index contributed by atoms with van der Waals surface area (Å²) in [6, 6.07) is 5.85. The Morgan fingerprint density at radius 1 is 1.53 bits per heavy atom. The van der Waals surface area contributed by atoms with Crippen molar-refractivity contribution < 1.29 is 0 Å². The van der Waals surface area contributed by atoms with Gasteiger partial charge < -0.3 is 5.73 Å². The summed E-state index contributed by atoms with van der Waals surface area (Å²) in [5.41, 5.74) is 10.4. The number of nitrogen functional groups attached to an aromatic ring is 1. The molecule has 0 amide bonds. The van der Waals surface area contributed by atoms with E-state index in [1.54, 1.807) is 0 Å². The lowest BCUT2D eigenvalue weighted by atomic mass is 10.0. The number of hydrogen-bond acceptors (Lipinski definition) is 3. The van der Waals surface area contributed by atoms with Crippen molar-refractivity contribution in [3.63, 3.8) is 0 Å². The van der Waals surface area contributed by atoms with Crippen molar-refractivity contribution in [1.82, 2.24) is 5.43 Å². The van der Waals surface area contributed by atoms with Gasteiger partial charge in [-0.1, -0.05) is 22.0 Å². The second-order valence-corrected chi connectivity index (χ2v) is 4.27. The number of allylic oxidation sites excluding steroid dienone is 1. The van der Waals surface area contributed by atoms with Gasteiger partial charge in [-0.15, -0.1) is 6.58 Å². The molecule has 0 aromatic heterocycles. The van der Waals surface area contributed by atoms with E-state index < -0.39 is 0 Å². The van der Waals surface area contributed by atoms with Crippen molar-refractivity contribution in [2.45, 2.75) is 18.9 Å². The topological polar surface area (TPSA) is 64.1 Å². The molecular weight excluding hydrogens is 254 g/mol. The molecule has 1 atom stereocenters. The number of anilines is 1. The normalized spacial score (nSPS) is 12.4. The zero-order valence-electron chi connectivity index (χ0n) is 8.54. The Kier molecular flexibility index (Phi) is 4.81. The maximum Gasteiger partial charge on any atom is 0.0483 e. The van der Waals surface area contributed by atoms with Crippen LogP contribution in [0.4, 0.5) is 5.69 Å². The molecule has 15 heavy (non-hydrogen) atoms. The Bertz CT molecular complexity index is 339. The van der Waals surface area contributed by atoms with Crippen molar-refractivity contribution in [2.24, 2.45) is 5.84 Å². The minimum absolute atomic E-state index is 0.0699. The summed E-state index contributed by atoms with van der Waals surface area (Å²) in [5.74, 6) is 5.51. The van der Waals surface area contributed by atoms with Crippen LogP contribution in [0.3, 0.4) is 0 Å². The number of nitrogens with two attached hydrogens (primary N) is 2. The van der Waals surface area contributed by atoms with Gasteiger partial charge in [0.1, 0.15) is 0 Å². The summed E-state index contributed by atoms with van der Waals surface area (Å²) in [4.78, 5) is 0. The third-order valence-corrected chi connectivity index (χ3v) is 2.78. The molecule has 0 aliphatic carbocycles. The summed E-state index contributed by atoms with van der Waals surface area (Å²) >= 11 is 3.42. The van der Waals surface area contributed by atoms with Crippen molar-refractivity contribution in [3.8, 4) is 0 Å². The van der Waals surface area contributed by atoms with Crippen LogP contribution in [0.2, 0.25) is 0 Å². The molecule has 0 aliphatic heterocycles. The molecule has 0 saturated heterocycles. The van der Waals surface area contributed by atoms with Gasteiger partial charge in [-0.05, 0) is 36.6 Å². The maximum atomic E-state index is 5.90. The summed E-state index contributed by atoms with van der Waals surface area (Å²) in [7, 11) is 0. The van der Waals surface area contributed by atoms with Crippen molar-refractivity contribution >= 4 is 21.6 Å². The fraction of sp³-hybridized carbons (Fsp3) is 0.273. The third kappa shape index (κ3) is 3.34. The molecule has 82 valence electrons. The lowest BCUT2D eigenvalue weighted by Crippen LogP contribution is -2.28. The van der Waals surface area contributed by atoms with Gasteiger partial charge in [0.15, 0.2) is 0 Å². The Morgan fingerprint density at radius 2 is 2.27 bits per heavy atom. The molecule has 0 saturated carbocycles. The van der Waals surface area contributed by atoms with Gasteiger partial charge in [-0.25, -0.2) is 0 Å². The number of rotatable bonds is 5. The van der Waals surface area contributed by atoms with E-state index in [1.807, 2.05) is 24.3 Å². The van der Waals surface area contributed by atoms with Gasteiger partial charge >= 0.3 is 0 Å². The van der Waals surface area contributed by atoms with Gasteiger partial charge in [-0.3, -0.25) is 11.3 Å². The molecule has 0 spiro atoms. The highest BCUT2D eigenvalue weighted by atomic mass is 79.9. The lowest BCUT2D eigenvalue weighted by Gasteiger charge is -2.17. The van der Waals surface area contributed by atoms with Gasteiger partial charge in [0, 0.05) is 16.2 Å². The highest BCUT2D eigenvalue weighted by molar-refractivity contribution is 9.10. The Morgan fingerprint density at radius 3 is 2.87 bits per heavy atom. The van der Waals surface area contributed by atoms with Crippen LogP contribution < -0.4 is 17.0 Å². The third-order valence-electron chi connectivity index (χ3n) is 2.28. The van der Waals surface area contributed by atoms with Crippen LogP contribution in [0.25, 0.3) is 0 Å². The fourth-order valence-corrected chi connectivity index (χ4v) is 1.84. The second-order valence-electron chi connectivity index (χ2n) is 3.36. The van der Waals surface area contributed by atoms with Crippen LogP contribution in [0.1, 0.15) is 24.4 Å². The van der Waals surface area contributed by atoms with E-state index in [2.05, 4.69) is 27.9 Å². The second kappa shape index (κ2) is 5.90. The molecule has 3 nitrogen and oxygen atoms in total. The largest absolute Gasteiger partial charge is 0.398 e. The molecule has 0 radical (unpaired) electrons. The highest BCUT2D eigenvalue weighted by Crippen LogP contribution is 2.26. The van der Waals surface area contributed by atoms with E-state index in [0.29, 0.717) is 0 Å². The average molecular weight is 270 g/mol. The van der Waals surface area contributed by atoms with Gasteiger partial charge in [-0.2, -0.15) is 0 Å².